The summed E-state index contributed by atoms with van der Waals surface area (Å²) in [7, 11) is -4.23. The van der Waals surface area contributed by atoms with Crippen LogP contribution in [0.2, 0.25) is 5.02 Å². The van der Waals surface area contributed by atoms with Crippen molar-refractivity contribution in [2.75, 3.05) is 6.61 Å². The van der Waals surface area contributed by atoms with Gasteiger partial charge in [0, 0.05) is 0 Å². The van der Waals surface area contributed by atoms with Gasteiger partial charge in [0.15, 0.2) is 0 Å². The van der Waals surface area contributed by atoms with Crippen molar-refractivity contribution in [3.63, 3.8) is 0 Å². The van der Waals surface area contributed by atoms with Gasteiger partial charge in [-0.2, -0.15) is 8.42 Å². The van der Waals surface area contributed by atoms with Crippen LogP contribution >= 0.6 is 11.6 Å². The van der Waals surface area contributed by atoms with Crippen molar-refractivity contribution in [3.8, 4) is 5.75 Å². The summed E-state index contributed by atoms with van der Waals surface area (Å²) in [5, 5.41) is 0.162. The van der Waals surface area contributed by atoms with Crippen molar-refractivity contribution in [1.82, 2.24) is 0 Å². The molecule has 0 aliphatic heterocycles. The summed E-state index contributed by atoms with van der Waals surface area (Å²) in [6, 6.07) is 2.66. The molecular formula is C9H11ClO4S. The van der Waals surface area contributed by atoms with E-state index in [2.05, 4.69) is 0 Å². The van der Waals surface area contributed by atoms with Crippen molar-refractivity contribution in [2.45, 2.75) is 18.7 Å². The molecule has 0 saturated heterocycles. The number of hydrogen-bond donors (Lipinski definition) is 1. The van der Waals surface area contributed by atoms with Crippen LogP contribution in [0.1, 0.15) is 12.5 Å². The summed E-state index contributed by atoms with van der Waals surface area (Å²) in [6.07, 6.45) is 0. The molecule has 0 spiro atoms. The van der Waals surface area contributed by atoms with Gasteiger partial charge in [0.2, 0.25) is 0 Å². The molecule has 0 aliphatic rings. The lowest BCUT2D eigenvalue weighted by Crippen LogP contribution is -2.02. The Labute approximate surface area is 93.6 Å². The first-order chi connectivity index (χ1) is 6.86. The number of ether oxygens (including phenoxy) is 1. The quantitative estimate of drug-likeness (QED) is 0.836. The molecule has 1 aromatic carbocycles. The second-order valence-corrected chi connectivity index (χ2v) is 4.75. The Kier molecular flexibility index (Phi) is 3.59. The smallest absolute Gasteiger partial charge is 0.294 e. The molecule has 1 N–H and O–H groups in total. The predicted octanol–water partition coefficient (Wildman–Crippen LogP) is 2.29. The van der Waals surface area contributed by atoms with E-state index in [-0.39, 0.29) is 9.92 Å². The molecule has 4 nitrogen and oxygen atoms in total. The van der Waals surface area contributed by atoms with Crippen molar-refractivity contribution in [1.29, 1.82) is 0 Å². The average Bonchev–Trinajstić information content (AvgIpc) is 2.09. The van der Waals surface area contributed by atoms with E-state index in [1.807, 2.05) is 0 Å². The van der Waals surface area contributed by atoms with Crippen molar-refractivity contribution >= 4 is 21.7 Å². The first-order valence-electron chi connectivity index (χ1n) is 4.26. The van der Waals surface area contributed by atoms with Gasteiger partial charge in [0.05, 0.1) is 16.5 Å². The molecule has 0 heterocycles. The van der Waals surface area contributed by atoms with Gasteiger partial charge < -0.3 is 4.74 Å². The van der Waals surface area contributed by atoms with Crippen LogP contribution in [0.4, 0.5) is 0 Å². The van der Waals surface area contributed by atoms with Crippen molar-refractivity contribution < 1.29 is 17.7 Å². The van der Waals surface area contributed by atoms with Crippen LogP contribution in [-0.4, -0.2) is 19.6 Å². The zero-order valence-corrected chi connectivity index (χ0v) is 9.89. The Morgan fingerprint density at radius 2 is 2.07 bits per heavy atom. The molecule has 0 radical (unpaired) electrons. The standard InChI is InChI=1S/C9H11ClO4S/c1-3-14-8-4-6(2)9(5-7(8)10)15(11,12)13/h4-5H,3H2,1-2H3,(H,11,12,13). The molecular weight excluding hydrogens is 240 g/mol. The van der Waals surface area contributed by atoms with Crippen LogP contribution in [0.3, 0.4) is 0 Å². The van der Waals surface area contributed by atoms with Gasteiger partial charge in [-0.15, -0.1) is 0 Å². The zero-order chi connectivity index (χ0) is 11.6. The third kappa shape index (κ3) is 2.84. The van der Waals surface area contributed by atoms with Gasteiger partial charge in [-0.05, 0) is 31.5 Å². The fourth-order valence-electron chi connectivity index (χ4n) is 1.18. The van der Waals surface area contributed by atoms with Gasteiger partial charge in [-0.1, -0.05) is 11.6 Å². The molecule has 15 heavy (non-hydrogen) atoms. The predicted molar refractivity (Wildman–Crippen MR) is 57.2 cm³/mol. The molecule has 0 unspecified atom stereocenters. The van der Waals surface area contributed by atoms with Gasteiger partial charge in [-0.25, -0.2) is 0 Å². The minimum atomic E-state index is -4.23. The molecule has 0 bridgehead atoms. The van der Waals surface area contributed by atoms with Crippen LogP contribution < -0.4 is 4.74 Å². The molecule has 84 valence electrons. The third-order valence-electron chi connectivity index (χ3n) is 1.81. The van der Waals surface area contributed by atoms with Crippen molar-refractivity contribution in [3.05, 3.63) is 22.7 Å². The normalized spacial score (nSPS) is 11.5. The Bertz CT molecular complexity index is 467. The Balaban J connectivity index is 3.32. The maximum atomic E-state index is 10.9. The minimum absolute atomic E-state index is 0.162. The Morgan fingerprint density at radius 3 is 2.53 bits per heavy atom. The highest BCUT2D eigenvalue weighted by atomic mass is 35.5. The summed E-state index contributed by atoms with van der Waals surface area (Å²) in [4.78, 5) is -0.198. The number of halogens is 1. The summed E-state index contributed by atoms with van der Waals surface area (Å²) in [6.45, 7) is 3.79. The lowest BCUT2D eigenvalue weighted by molar-refractivity contribution is 0.340. The van der Waals surface area contributed by atoms with Gasteiger partial charge >= 0.3 is 0 Å². The summed E-state index contributed by atoms with van der Waals surface area (Å²) in [5.41, 5.74) is 0.394. The van der Waals surface area contributed by atoms with E-state index in [1.165, 1.54) is 12.1 Å². The highest BCUT2D eigenvalue weighted by Crippen LogP contribution is 2.30. The minimum Gasteiger partial charge on any atom is -0.492 e. The molecule has 0 aliphatic carbocycles. The van der Waals surface area contributed by atoms with E-state index >= 15 is 0 Å². The lowest BCUT2D eigenvalue weighted by atomic mass is 10.2. The van der Waals surface area contributed by atoms with Crippen LogP contribution in [-0.2, 0) is 10.1 Å². The largest absolute Gasteiger partial charge is 0.492 e. The topological polar surface area (TPSA) is 63.6 Å². The fourth-order valence-corrected chi connectivity index (χ4v) is 2.20. The van der Waals surface area contributed by atoms with Crippen molar-refractivity contribution in [2.24, 2.45) is 0 Å². The molecule has 6 heteroatoms. The number of rotatable bonds is 3. The maximum Gasteiger partial charge on any atom is 0.294 e. The van der Waals surface area contributed by atoms with Crippen LogP contribution in [0.5, 0.6) is 5.75 Å². The van der Waals surface area contributed by atoms with E-state index in [9.17, 15) is 8.42 Å². The summed E-state index contributed by atoms with van der Waals surface area (Å²) >= 11 is 5.79. The molecule has 0 atom stereocenters. The monoisotopic (exact) mass is 250 g/mol. The number of hydrogen-bond acceptors (Lipinski definition) is 3. The molecule has 1 aromatic rings. The van der Waals surface area contributed by atoms with E-state index in [4.69, 9.17) is 20.9 Å². The Hall–Kier alpha value is -0.780. The first-order valence-corrected chi connectivity index (χ1v) is 6.08. The van der Waals surface area contributed by atoms with Crippen LogP contribution in [0.15, 0.2) is 17.0 Å². The molecule has 0 amide bonds. The molecule has 0 aromatic heterocycles. The fraction of sp³-hybridized carbons (Fsp3) is 0.333. The second kappa shape index (κ2) is 4.38. The highest BCUT2D eigenvalue weighted by Gasteiger charge is 2.16. The average molecular weight is 251 g/mol. The molecule has 1 rings (SSSR count). The van der Waals surface area contributed by atoms with E-state index in [0.29, 0.717) is 17.9 Å². The lowest BCUT2D eigenvalue weighted by Gasteiger charge is -2.09. The number of aryl methyl sites for hydroxylation is 1. The first kappa shape index (κ1) is 12.3. The maximum absolute atomic E-state index is 10.9. The molecule has 0 fully saturated rings. The number of benzene rings is 1. The highest BCUT2D eigenvalue weighted by molar-refractivity contribution is 7.85. The molecule has 0 saturated carbocycles. The van der Waals surface area contributed by atoms with Gasteiger partial charge in [0.25, 0.3) is 10.1 Å². The van der Waals surface area contributed by atoms with Gasteiger partial charge in [0.1, 0.15) is 5.75 Å². The van der Waals surface area contributed by atoms with Crippen LogP contribution in [0, 0.1) is 6.92 Å². The van der Waals surface area contributed by atoms with E-state index in [1.54, 1.807) is 13.8 Å². The Morgan fingerprint density at radius 1 is 1.47 bits per heavy atom. The van der Waals surface area contributed by atoms with Gasteiger partial charge in [-0.3, -0.25) is 4.55 Å². The zero-order valence-electron chi connectivity index (χ0n) is 8.32. The third-order valence-corrected chi connectivity index (χ3v) is 3.10. The summed E-state index contributed by atoms with van der Waals surface area (Å²) in [5.74, 6) is 0.407. The second-order valence-electron chi connectivity index (χ2n) is 2.96. The van der Waals surface area contributed by atoms with Crippen LogP contribution in [0.25, 0.3) is 0 Å². The van der Waals surface area contributed by atoms with E-state index in [0.717, 1.165) is 0 Å². The summed E-state index contributed by atoms with van der Waals surface area (Å²) < 4.78 is 35.9. The SMILES string of the molecule is CCOc1cc(C)c(S(=O)(=O)O)cc1Cl. The van der Waals surface area contributed by atoms with E-state index < -0.39 is 10.1 Å².